The Bertz CT molecular complexity index is 1800. The number of phosphoric ester groups is 1. The minimum atomic E-state index is -3.74. The van der Waals surface area contributed by atoms with E-state index in [1.54, 1.807) is 44.2 Å². The van der Waals surface area contributed by atoms with Crippen LogP contribution in [-0.2, 0) is 31.4 Å². The lowest BCUT2D eigenvalue weighted by Gasteiger charge is -2.16. The second kappa shape index (κ2) is 14.9. The van der Waals surface area contributed by atoms with Crippen LogP contribution in [0.1, 0.15) is 25.0 Å². The molecular formula is C34H33O10P. The topological polar surface area (TPSA) is 123 Å². The third-order valence-corrected chi connectivity index (χ3v) is 8.08. The Morgan fingerprint density at radius 2 is 1.31 bits per heavy atom. The maximum Gasteiger partial charge on any atom is 0.477 e. The monoisotopic (exact) mass is 632 g/mol. The van der Waals surface area contributed by atoms with Crippen LogP contribution < -0.4 is 19.6 Å². The zero-order valence-electron chi connectivity index (χ0n) is 24.8. The van der Waals surface area contributed by atoms with Crippen molar-refractivity contribution in [3.63, 3.8) is 0 Å². The molecule has 0 amide bonds. The van der Waals surface area contributed by atoms with Gasteiger partial charge in [0.2, 0.25) is 11.2 Å². The maximum absolute atomic E-state index is 13.8. The van der Waals surface area contributed by atoms with E-state index in [9.17, 15) is 14.5 Å². The summed E-state index contributed by atoms with van der Waals surface area (Å²) in [7, 11) is -3.74. The Hall–Kier alpha value is -4.60. The molecule has 0 aliphatic rings. The van der Waals surface area contributed by atoms with Crippen molar-refractivity contribution >= 4 is 18.8 Å². The van der Waals surface area contributed by atoms with Crippen molar-refractivity contribution in [2.75, 3.05) is 20.0 Å². The maximum atomic E-state index is 13.8. The first-order chi connectivity index (χ1) is 21.9. The fourth-order valence-corrected chi connectivity index (χ4v) is 5.46. The van der Waals surface area contributed by atoms with Gasteiger partial charge in [-0.05, 0) is 49.2 Å². The van der Waals surface area contributed by atoms with Crippen LogP contribution in [0.15, 0.2) is 106 Å². The molecule has 0 atom stereocenters. The summed E-state index contributed by atoms with van der Waals surface area (Å²) in [6.07, 6.45) is 0. The quantitative estimate of drug-likeness (QED) is 0.0901. The van der Waals surface area contributed by atoms with Crippen molar-refractivity contribution in [3.05, 3.63) is 118 Å². The molecule has 1 aromatic heterocycles. The first kappa shape index (κ1) is 31.8. The second-order valence-corrected chi connectivity index (χ2v) is 11.3. The summed E-state index contributed by atoms with van der Waals surface area (Å²) in [6, 6.07) is 28.5. The Balaban J connectivity index is 1.45. The van der Waals surface area contributed by atoms with Gasteiger partial charge < -0.3 is 23.7 Å². The van der Waals surface area contributed by atoms with Crippen LogP contribution in [-0.4, -0.2) is 25.1 Å². The minimum Gasteiger partial charge on any atom is -0.507 e. The highest BCUT2D eigenvalue weighted by atomic mass is 31.2. The number of phosphoric acid groups is 1. The molecule has 0 aliphatic heterocycles. The molecule has 45 heavy (non-hydrogen) atoms. The van der Waals surface area contributed by atoms with Gasteiger partial charge in [0, 0.05) is 17.7 Å². The Morgan fingerprint density at radius 3 is 1.91 bits per heavy atom. The number of hydrogen-bond acceptors (Lipinski definition) is 10. The van der Waals surface area contributed by atoms with Crippen LogP contribution >= 0.6 is 7.82 Å². The number of hydrogen-bond donors (Lipinski definition) is 1. The molecule has 0 spiro atoms. The van der Waals surface area contributed by atoms with Crippen molar-refractivity contribution in [2.45, 2.75) is 27.1 Å². The molecule has 5 rings (SSSR count). The van der Waals surface area contributed by atoms with Crippen molar-refractivity contribution in [1.82, 2.24) is 0 Å². The van der Waals surface area contributed by atoms with Gasteiger partial charge in [0.15, 0.2) is 12.6 Å². The van der Waals surface area contributed by atoms with Gasteiger partial charge >= 0.3 is 7.82 Å². The fraction of sp³-hybridized carbons (Fsp3) is 0.206. The standard InChI is InChI=1S/C34H33O10P/c1-3-41-45(37,42-4-2)43-23-40-27-17-15-26(16-18-27)33-34(39-22-25-13-9-6-10-14-25)32(36)31-29(35)19-28(20-30(31)44-33)38-21-24-11-7-5-8-12-24/h5-20,35H,3-4,21-23H2,1-2H3. The molecule has 5 aromatic rings. The summed E-state index contributed by atoms with van der Waals surface area (Å²) in [5.74, 6) is 0.521. The molecule has 11 heteroatoms. The van der Waals surface area contributed by atoms with E-state index in [-0.39, 0.29) is 61.4 Å². The number of phenolic OH excluding ortho intramolecular Hbond substituents is 1. The SMILES string of the molecule is CCOP(=O)(OCC)OCOc1ccc(-c2oc3cc(OCc4ccccc4)cc(O)c3c(=O)c2OCc2ccccc2)cc1. The third-order valence-electron chi connectivity index (χ3n) is 6.51. The predicted molar refractivity (Wildman–Crippen MR) is 169 cm³/mol. The number of rotatable bonds is 15. The summed E-state index contributed by atoms with van der Waals surface area (Å²) in [6.45, 7) is 3.64. The van der Waals surface area contributed by atoms with Crippen LogP contribution in [0.2, 0.25) is 0 Å². The van der Waals surface area contributed by atoms with Gasteiger partial charge in [0.1, 0.15) is 41.4 Å². The minimum absolute atomic E-state index is 0.0287. The van der Waals surface area contributed by atoms with Crippen LogP contribution in [0.4, 0.5) is 0 Å². The molecule has 0 fully saturated rings. The Kier molecular flexibility index (Phi) is 10.5. The van der Waals surface area contributed by atoms with Gasteiger partial charge in [-0.25, -0.2) is 9.09 Å². The second-order valence-electron chi connectivity index (χ2n) is 9.65. The van der Waals surface area contributed by atoms with E-state index in [1.807, 2.05) is 60.7 Å². The molecule has 0 saturated carbocycles. The van der Waals surface area contributed by atoms with Crippen molar-refractivity contribution in [3.8, 4) is 34.3 Å². The molecule has 0 radical (unpaired) electrons. The lowest BCUT2D eigenvalue weighted by Crippen LogP contribution is -2.11. The average Bonchev–Trinajstić information content (AvgIpc) is 3.04. The van der Waals surface area contributed by atoms with Gasteiger partial charge in [-0.15, -0.1) is 0 Å². The smallest absolute Gasteiger partial charge is 0.477 e. The zero-order chi connectivity index (χ0) is 31.6. The van der Waals surface area contributed by atoms with E-state index in [2.05, 4.69) is 0 Å². The van der Waals surface area contributed by atoms with Gasteiger partial charge in [-0.1, -0.05) is 60.7 Å². The van der Waals surface area contributed by atoms with E-state index in [0.717, 1.165) is 11.1 Å². The summed E-state index contributed by atoms with van der Waals surface area (Å²) in [4.78, 5) is 13.8. The largest absolute Gasteiger partial charge is 0.507 e. The van der Waals surface area contributed by atoms with Crippen LogP contribution in [0, 0.1) is 0 Å². The molecular weight excluding hydrogens is 599 g/mol. The normalized spacial score (nSPS) is 11.4. The first-order valence-electron chi connectivity index (χ1n) is 14.3. The summed E-state index contributed by atoms with van der Waals surface area (Å²) in [5, 5.41) is 10.9. The number of aromatic hydroxyl groups is 1. The third kappa shape index (κ3) is 8.12. The molecule has 234 valence electrons. The number of fused-ring (bicyclic) bond motifs is 1. The van der Waals surface area contributed by atoms with Gasteiger partial charge in [0.25, 0.3) is 0 Å². The van der Waals surface area contributed by atoms with Crippen LogP contribution in [0.25, 0.3) is 22.3 Å². The summed E-state index contributed by atoms with van der Waals surface area (Å²) in [5.41, 5.74) is 1.88. The molecule has 10 nitrogen and oxygen atoms in total. The van der Waals surface area contributed by atoms with Crippen molar-refractivity contribution in [1.29, 1.82) is 0 Å². The summed E-state index contributed by atoms with van der Waals surface area (Å²) < 4.78 is 51.7. The Morgan fingerprint density at radius 1 is 0.711 bits per heavy atom. The molecule has 0 unspecified atom stereocenters. The van der Waals surface area contributed by atoms with Crippen LogP contribution in [0.5, 0.6) is 23.0 Å². The van der Waals surface area contributed by atoms with E-state index in [0.29, 0.717) is 17.1 Å². The van der Waals surface area contributed by atoms with Crippen molar-refractivity contribution < 1.29 is 41.9 Å². The summed E-state index contributed by atoms with van der Waals surface area (Å²) >= 11 is 0. The molecule has 0 bridgehead atoms. The Labute approximate surface area is 260 Å². The van der Waals surface area contributed by atoms with Gasteiger partial charge in [-0.3, -0.25) is 13.8 Å². The lowest BCUT2D eigenvalue weighted by molar-refractivity contribution is 0.0538. The first-order valence-corrected chi connectivity index (χ1v) is 15.8. The van der Waals surface area contributed by atoms with Crippen LogP contribution in [0.3, 0.4) is 0 Å². The fourth-order valence-electron chi connectivity index (χ4n) is 4.42. The van der Waals surface area contributed by atoms with E-state index < -0.39 is 13.3 Å². The molecule has 0 aliphatic carbocycles. The highest BCUT2D eigenvalue weighted by Crippen LogP contribution is 2.49. The highest BCUT2D eigenvalue weighted by molar-refractivity contribution is 7.48. The van der Waals surface area contributed by atoms with Gasteiger partial charge in [-0.2, -0.15) is 0 Å². The molecule has 0 saturated heterocycles. The molecule has 1 heterocycles. The number of ether oxygens (including phenoxy) is 3. The van der Waals surface area contributed by atoms with Gasteiger partial charge in [0.05, 0.1) is 13.2 Å². The highest BCUT2D eigenvalue weighted by Gasteiger charge is 2.26. The van der Waals surface area contributed by atoms with E-state index >= 15 is 0 Å². The van der Waals surface area contributed by atoms with Crippen molar-refractivity contribution in [2.24, 2.45) is 0 Å². The number of benzene rings is 4. The molecule has 1 N–H and O–H groups in total. The zero-order valence-corrected chi connectivity index (χ0v) is 25.7. The predicted octanol–water partition coefficient (Wildman–Crippen LogP) is 7.86. The van der Waals surface area contributed by atoms with E-state index in [4.69, 9.17) is 32.2 Å². The number of phenols is 1. The molecule has 4 aromatic carbocycles. The van der Waals surface area contributed by atoms with E-state index in [1.165, 1.54) is 6.07 Å². The lowest BCUT2D eigenvalue weighted by atomic mass is 10.1. The average molecular weight is 633 g/mol.